The number of hydrogen-bond acceptors (Lipinski definition) is 3. The highest BCUT2D eigenvalue weighted by molar-refractivity contribution is 5.51. The maximum atomic E-state index is 10.7. The first-order valence-corrected chi connectivity index (χ1v) is 9.91. The van der Waals surface area contributed by atoms with E-state index in [0.29, 0.717) is 11.5 Å². The minimum absolute atomic E-state index is 0.00536. The molecule has 1 aliphatic heterocycles. The Morgan fingerprint density at radius 2 is 1.81 bits per heavy atom. The van der Waals surface area contributed by atoms with Crippen LogP contribution in [0.3, 0.4) is 0 Å². The first kappa shape index (κ1) is 19.0. The molecule has 1 saturated heterocycles. The standard InChI is InChI=1S/C23H32O3/c1-15(2)19-7-4-16(3)12-20(19)23-21(24)13-18(14-22(23)25)6-5-17-8-10-26-11-9-17/h12-14,17,19-20,24-25H,1,4-11H2,2-3H3/t19-,20+/m0/s1. The number of aromatic hydroxyl groups is 2. The molecule has 2 aliphatic rings. The van der Waals surface area contributed by atoms with Gasteiger partial charge in [-0.3, -0.25) is 0 Å². The largest absolute Gasteiger partial charge is 0.507 e. The summed E-state index contributed by atoms with van der Waals surface area (Å²) < 4.78 is 5.42. The van der Waals surface area contributed by atoms with E-state index in [9.17, 15) is 10.2 Å². The van der Waals surface area contributed by atoms with Crippen LogP contribution in [-0.4, -0.2) is 23.4 Å². The number of phenols is 2. The van der Waals surface area contributed by atoms with Crippen LogP contribution >= 0.6 is 0 Å². The van der Waals surface area contributed by atoms with Crippen LogP contribution in [0.5, 0.6) is 11.5 Å². The Bertz CT molecular complexity index is 660. The molecule has 0 aromatic heterocycles. The third-order valence-corrected chi connectivity index (χ3v) is 6.09. The molecule has 0 bridgehead atoms. The zero-order chi connectivity index (χ0) is 18.7. The number of benzene rings is 1. The predicted molar refractivity (Wildman–Crippen MR) is 106 cm³/mol. The quantitative estimate of drug-likeness (QED) is 0.688. The van der Waals surface area contributed by atoms with Crippen LogP contribution in [0.2, 0.25) is 0 Å². The van der Waals surface area contributed by atoms with Crippen LogP contribution in [-0.2, 0) is 11.2 Å². The normalized spacial score (nSPS) is 24.3. The molecule has 2 N–H and O–H groups in total. The Morgan fingerprint density at radius 1 is 1.15 bits per heavy atom. The molecule has 0 unspecified atom stereocenters. The molecule has 3 rings (SSSR count). The van der Waals surface area contributed by atoms with Gasteiger partial charge >= 0.3 is 0 Å². The second kappa shape index (κ2) is 8.30. The number of phenolic OH excluding ortho intramolecular Hbond substituents is 2. The lowest BCUT2D eigenvalue weighted by Gasteiger charge is -2.31. The van der Waals surface area contributed by atoms with E-state index in [2.05, 4.69) is 19.6 Å². The molecule has 3 nitrogen and oxygen atoms in total. The molecule has 1 aliphatic carbocycles. The van der Waals surface area contributed by atoms with E-state index >= 15 is 0 Å². The number of hydrogen-bond donors (Lipinski definition) is 2. The van der Waals surface area contributed by atoms with E-state index in [1.54, 1.807) is 0 Å². The topological polar surface area (TPSA) is 49.7 Å². The van der Waals surface area contributed by atoms with Gasteiger partial charge in [-0.15, -0.1) is 0 Å². The molecule has 0 radical (unpaired) electrons. The Balaban J connectivity index is 1.80. The van der Waals surface area contributed by atoms with Crippen LogP contribution in [0.15, 0.2) is 35.9 Å². The summed E-state index contributed by atoms with van der Waals surface area (Å²) in [6.45, 7) is 10.0. The van der Waals surface area contributed by atoms with Crippen molar-refractivity contribution in [2.75, 3.05) is 13.2 Å². The van der Waals surface area contributed by atoms with Gasteiger partial charge in [0.15, 0.2) is 0 Å². The lowest BCUT2D eigenvalue weighted by molar-refractivity contribution is 0.0640. The van der Waals surface area contributed by atoms with Gasteiger partial charge in [0.2, 0.25) is 0 Å². The summed E-state index contributed by atoms with van der Waals surface area (Å²) in [6.07, 6.45) is 8.46. The second-order valence-electron chi connectivity index (χ2n) is 8.17. The molecule has 1 aromatic rings. The molecule has 1 heterocycles. The summed E-state index contributed by atoms with van der Waals surface area (Å²) in [5.41, 5.74) is 4.10. The summed E-state index contributed by atoms with van der Waals surface area (Å²) in [5.74, 6) is 1.39. The van der Waals surface area contributed by atoms with Crippen molar-refractivity contribution in [2.45, 2.75) is 58.3 Å². The molecule has 0 saturated carbocycles. The van der Waals surface area contributed by atoms with Gasteiger partial charge in [-0.25, -0.2) is 0 Å². The molecule has 26 heavy (non-hydrogen) atoms. The first-order chi connectivity index (χ1) is 12.5. The summed E-state index contributed by atoms with van der Waals surface area (Å²) in [6, 6.07) is 3.70. The average Bonchev–Trinajstić information content (AvgIpc) is 2.60. The minimum Gasteiger partial charge on any atom is -0.507 e. The lowest BCUT2D eigenvalue weighted by Crippen LogP contribution is -2.17. The summed E-state index contributed by atoms with van der Waals surface area (Å²) in [5, 5.41) is 21.4. The van der Waals surface area contributed by atoms with Gasteiger partial charge in [-0.2, -0.15) is 0 Å². The molecule has 3 heteroatoms. The van der Waals surface area contributed by atoms with Crippen molar-refractivity contribution in [2.24, 2.45) is 11.8 Å². The van der Waals surface area contributed by atoms with Crippen LogP contribution in [0.25, 0.3) is 0 Å². The fourth-order valence-corrected chi connectivity index (χ4v) is 4.48. The smallest absolute Gasteiger partial charge is 0.123 e. The van der Waals surface area contributed by atoms with Crippen molar-refractivity contribution in [1.82, 2.24) is 0 Å². The predicted octanol–water partition coefficient (Wildman–Crippen LogP) is 5.47. The molecular weight excluding hydrogens is 324 g/mol. The molecule has 142 valence electrons. The molecule has 1 aromatic carbocycles. The van der Waals surface area contributed by atoms with Gasteiger partial charge in [0.05, 0.1) is 0 Å². The number of allylic oxidation sites excluding steroid dienone is 3. The highest BCUT2D eigenvalue weighted by Gasteiger charge is 2.30. The van der Waals surface area contributed by atoms with Crippen molar-refractivity contribution in [3.05, 3.63) is 47.1 Å². The van der Waals surface area contributed by atoms with Crippen LogP contribution < -0.4 is 0 Å². The van der Waals surface area contributed by atoms with Crippen LogP contribution in [0, 0.1) is 11.8 Å². The third-order valence-electron chi connectivity index (χ3n) is 6.09. The molecule has 0 spiro atoms. The van der Waals surface area contributed by atoms with E-state index in [-0.39, 0.29) is 23.3 Å². The Kier molecular flexibility index (Phi) is 6.08. The SMILES string of the molecule is C=C(C)[C@@H]1CCC(C)=C[C@H]1c1c(O)cc(CCC2CCOCC2)cc1O. The summed E-state index contributed by atoms with van der Waals surface area (Å²) in [4.78, 5) is 0. The zero-order valence-electron chi connectivity index (χ0n) is 16.1. The number of ether oxygens (including phenoxy) is 1. The van der Waals surface area contributed by atoms with E-state index in [1.807, 2.05) is 19.1 Å². The fraction of sp³-hybridized carbons (Fsp3) is 0.565. The molecule has 1 fully saturated rings. The highest BCUT2D eigenvalue weighted by atomic mass is 16.5. The second-order valence-corrected chi connectivity index (χ2v) is 8.17. The van der Waals surface area contributed by atoms with Gasteiger partial charge in [0, 0.05) is 24.7 Å². The van der Waals surface area contributed by atoms with Gasteiger partial charge in [-0.1, -0.05) is 23.8 Å². The monoisotopic (exact) mass is 356 g/mol. The highest BCUT2D eigenvalue weighted by Crippen LogP contribution is 2.46. The molecule has 2 atom stereocenters. The Hall–Kier alpha value is -1.74. The Morgan fingerprint density at radius 3 is 2.42 bits per heavy atom. The van der Waals surface area contributed by atoms with Crippen molar-refractivity contribution in [1.29, 1.82) is 0 Å². The van der Waals surface area contributed by atoms with Gasteiger partial charge < -0.3 is 14.9 Å². The fourth-order valence-electron chi connectivity index (χ4n) is 4.48. The Labute approximate surface area is 157 Å². The van der Waals surface area contributed by atoms with Gasteiger partial charge in [0.1, 0.15) is 11.5 Å². The van der Waals surface area contributed by atoms with Crippen molar-refractivity contribution >= 4 is 0 Å². The van der Waals surface area contributed by atoms with Gasteiger partial charge in [-0.05, 0) is 81.9 Å². The zero-order valence-corrected chi connectivity index (χ0v) is 16.1. The maximum Gasteiger partial charge on any atom is 0.123 e. The van der Waals surface area contributed by atoms with E-state index in [0.717, 1.165) is 62.9 Å². The van der Waals surface area contributed by atoms with Crippen molar-refractivity contribution in [3.8, 4) is 11.5 Å². The first-order valence-electron chi connectivity index (χ1n) is 9.91. The van der Waals surface area contributed by atoms with E-state index < -0.39 is 0 Å². The van der Waals surface area contributed by atoms with E-state index in [4.69, 9.17) is 4.74 Å². The lowest BCUT2D eigenvalue weighted by atomic mass is 9.73. The number of rotatable bonds is 5. The summed E-state index contributed by atoms with van der Waals surface area (Å²) >= 11 is 0. The maximum absolute atomic E-state index is 10.7. The third kappa shape index (κ3) is 4.32. The van der Waals surface area contributed by atoms with Crippen LogP contribution in [0.1, 0.15) is 63.0 Å². The average molecular weight is 357 g/mol. The van der Waals surface area contributed by atoms with Crippen molar-refractivity contribution < 1.29 is 14.9 Å². The van der Waals surface area contributed by atoms with Crippen LogP contribution in [0.4, 0.5) is 0 Å². The molecule has 0 amide bonds. The summed E-state index contributed by atoms with van der Waals surface area (Å²) in [7, 11) is 0. The van der Waals surface area contributed by atoms with E-state index in [1.165, 1.54) is 5.57 Å². The molecular formula is C23H32O3. The van der Waals surface area contributed by atoms with Gasteiger partial charge in [0.25, 0.3) is 0 Å². The minimum atomic E-state index is 0.00536. The number of aryl methyl sites for hydroxylation is 1. The van der Waals surface area contributed by atoms with Crippen molar-refractivity contribution in [3.63, 3.8) is 0 Å².